The maximum atomic E-state index is 12.8. The fraction of sp³-hybridized carbons (Fsp3) is 0.353. The second-order valence-corrected chi connectivity index (χ2v) is 7.00. The van der Waals surface area contributed by atoms with Crippen molar-refractivity contribution < 1.29 is 14.1 Å². The van der Waals surface area contributed by atoms with Gasteiger partial charge in [-0.15, -0.1) is 0 Å². The molecule has 3 rings (SSSR count). The third-order valence-corrected chi connectivity index (χ3v) is 4.40. The van der Waals surface area contributed by atoms with Gasteiger partial charge in [-0.25, -0.2) is 4.98 Å². The summed E-state index contributed by atoms with van der Waals surface area (Å²) in [5.41, 5.74) is 0.291. The highest BCUT2D eigenvalue weighted by Gasteiger charge is 2.26. The lowest BCUT2D eigenvalue weighted by molar-refractivity contribution is 0.0914. The summed E-state index contributed by atoms with van der Waals surface area (Å²) < 4.78 is 10.7. The molecule has 2 aromatic heterocycles. The monoisotopic (exact) mass is 424 g/mol. The lowest BCUT2D eigenvalue weighted by Crippen LogP contribution is -2.32. The normalized spacial score (nSPS) is 12.2. The van der Waals surface area contributed by atoms with E-state index in [9.17, 15) is 4.79 Å². The number of halogens is 2. The number of hydrogen-bond acceptors (Lipinski definition) is 7. The number of aromatic nitrogens is 5. The highest BCUT2D eigenvalue weighted by molar-refractivity contribution is 6.37. The van der Waals surface area contributed by atoms with Gasteiger partial charge < -0.3 is 14.6 Å². The summed E-state index contributed by atoms with van der Waals surface area (Å²) in [5.74, 6) is 0.799. The van der Waals surface area contributed by atoms with Gasteiger partial charge >= 0.3 is 0 Å². The van der Waals surface area contributed by atoms with Crippen molar-refractivity contribution in [3.8, 4) is 17.4 Å². The van der Waals surface area contributed by atoms with Gasteiger partial charge in [0.2, 0.25) is 11.7 Å². The molecule has 0 spiro atoms. The number of carbonyl (C=O) groups is 1. The van der Waals surface area contributed by atoms with Gasteiger partial charge in [0.1, 0.15) is 12.4 Å². The van der Waals surface area contributed by atoms with Crippen molar-refractivity contribution in [1.29, 1.82) is 0 Å². The molecule has 11 heteroatoms. The Hall–Kier alpha value is -2.65. The van der Waals surface area contributed by atoms with Crippen LogP contribution < -0.4 is 10.1 Å². The summed E-state index contributed by atoms with van der Waals surface area (Å²) in [5, 5.41) is 13.7. The smallest absolute Gasteiger partial charge is 0.252 e. The van der Waals surface area contributed by atoms with E-state index in [0.29, 0.717) is 23.7 Å². The van der Waals surface area contributed by atoms with Crippen LogP contribution in [0.5, 0.6) is 5.75 Å². The van der Waals surface area contributed by atoms with Crippen LogP contribution in [0.1, 0.15) is 43.1 Å². The number of benzene rings is 1. The minimum absolute atomic E-state index is 0.0272. The Morgan fingerprint density at radius 3 is 2.61 bits per heavy atom. The van der Waals surface area contributed by atoms with Crippen molar-refractivity contribution in [3.05, 3.63) is 40.0 Å². The van der Waals surface area contributed by atoms with E-state index in [0.717, 1.165) is 0 Å². The molecule has 1 aromatic carbocycles. The van der Waals surface area contributed by atoms with Crippen molar-refractivity contribution in [2.75, 3.05) is 6.61 Å². The lowest BCUT2D eigenvalue weighted by Gasteiger charge is -2.19. The van der Waals surface area contributed by atoms with E-state index in [1.165, 1.54) is 18.5 Å². The second-order valence-electron chi connectivity index (χ2n) is 6.19. The molecule has 0 saturated carbocycles. The van der Waals surface area contributed by atoms with E-state index in [4.69, 9.17) is 32.5 Å². The van der Waals surface area contributed by atoms with Crippen LogP contribution in [-0.4, -0.2) is 37.8 Å². The minimum atomic E-state index is -0.527. The molecule has 0 aliphatic carbocycles. The molecular weight excluding hydrogens is 407 g/mol. The zero-order valence-electron chi connectivity index (χ0n) is 15.4. The predicted octanol–water partition coefficient (Wildman–Crippen LogP) is 3.69. The molecule has 0 fully saturated rings. The maximum absolute atomic E-state index is 12.8. The number of amides is 1. The first-order valence-corrected chi connectivity index (χ1v) is 9.28. The average molecular weight is 425 g/mol. The van der Waals surface area contributed by atoms with Crippen molar-refractivity contribution in [2.45, 2.75) is 26.8 Å². The third kappa shape index (κ3) is 4.26. The molecule has 1 amide bonds. The fourth-order valence-corrected chi connectivity index (χ4v) is 3.08. The van der Waals surface area contributed by atoms with Gasteiger partial charge in [0, 0.05) is 5.56 Å². The van der Waals surface area contributed by atoms with Crippen LogP contribution in [0, 0.1) is 5.92 Å². The van der Waals surface area contributed by atoms with Crippen molar-refractivity contribution in [3.63, 3.8) is 0 Å². The number of aromatic amines is 1. The SMILES string of the molecule is CCOc1c(Cl)cc(C(=O)NC(c2nc(-c3ncn[nH]3)no2)C(C)C)cc1Cl. The molecule has 28 heavy (non-hydrogen) atoms. The molecule has 0 radical (unpaired) electrons. The first-order valence-electron chi connectivity index (χ1n) is 8.52. The summed E-state index contributed by atoms with van der Waals surface area (Å²) in [7, 11) is 0. The molecular formula is C17H18Cl2N6O3. The van der Waals surface area contributed by atoms with Gasteiger partial charge in [0.15, 0.2) is 11.6 Å². The molecule has 2 N–H and O–H groups in total. The standard InChI is InChI=1S/C17H18Cl2N6O3/c1-4-27-13-10(18)5-9(6-11(13)19)16(26)22-12(8(2)3)17-23-15(25-28-17)14-20-7-21-24-14/h5-8,12H,4H2,1-3H3,(H,22,26)(H,20,21,24). The molecule has 0 bridgehead atoms. The lowest BCUT2D eigenvalue weighted by atomic mass is 10.0. The van der Waals surface area contributed by atoms with Gasteiger partial charge in [0.05, 0.1) is 16.7 Å². The van der Waals surface area contributed by atoms with Crippen LogP contribution in [-0.2, 0) is 0 Å². The molecule has 3 aromatic rings. The summed E-state index contributed by atoms with van der Waals surface area (Å²) in [6.45, 7) is 6.06. The Kier molecular flexibility index (Phi) is 6.15. The minimum Gasteiger partial charge on any atom is -0.491 e. The van der Waals surface area contributed by atoms with Crippen LogP contribution in [0.15, 0.2) is 23.0 Å². The molecule has 0 aliphatic rings. The number of nitrogens with zero attached hydrogens (tertiary/aromatic N) is 4. The van der Waals surface area contributed by atoms with E-state index >= 15 is 0 Å². The fourth-order valence-electron chi connectivity index (χ4n) is 2.48. The number of H-pyrrole nitrogens is 1. The third-order valence-electron chi connectivity index (χ3n) is 3.84. The number of hydrogen-bond donors (Lipinski definition) is 2. The predicted molar refractivity (Wildman–Crippen MR) is 102 cm³/mol. The van der Waals surface area contributed by atoms with E-state index < -0.39 is 6.04 Å². The molecule has 0 aliphatic heterocycles. The summed E-state index contributed by atoms with van der Waals surface area (Å²) in [6.07, 6.45) is 1.34. The van der Waals surface area contributed by atoms with Crippen LogP contribution in [0.4, 0.5) is 0 Å². The van der Waals surface area contributed by atoms with Gasteiger partial charge in [-0.1, -0.05) is 42.2 Å². The van der Waals surface area contributed by atoms with Gasteiger partial charge in [0.25, 0.3) is 5.91 Å². The van der Waals surface area contributed by atoms with Crippen molar-refractivity contribution in [2.24, 2.45) is 5.92 Å². The zero-order valence-corrected chi connectivity index (χ0v) is 16.9. The molecule has 9 nitrogen and oxygen atoms in total. The van der Waals surface area contributed by atoms with E-state index in [-0.39, 0.29) is 33.6 Å². The average Bonchev–Trinajstić information content (AvgIpc) is 3.33. The number of ether oxygens (including phenoxy) is 1. The number of nitrogens with one attached hydrogen (secondary N) is 2. The largest absolute Gasteiger partial charge is 0.491 e. The molecule has 1 unspecified atom stereocenters. The second kappa shape index (κ2) is 8.57. The van der Waals surface area contributed by atoms with Crippen LogP contribution in [0.25, 0.3) is 11.6 Å². The van der Waals surface area contributed by atoms with Crippen LogP contribution >= 0.6 is 23.2 Å². The van der Waals surface area contributed by atoms with Crippen LogP contribution in [0.3, 0.4) is 0 Å². The Morgan fingerprint density at radius 2 is 2.04 bits per heavy atom. The van der Waals surface area contributed by atoms with Gasteiger partial charge in [-0.3, -0.25) is 9.89 Å². The van der Waals surface area contributed by atoms with Gasteiger partial charge in [-0.2, -0.15) is 10.1 Å². The first kappa shape index (κ1) is 20.1. The maximum Gasteiger partial charge on any atom is 0.252 e. The van der Waals surface area contributed by atoms with Crippen molar-refractivity contribution >= 4 is 29.1 Å². The zero-order chi connectivity index (χ0) is 20.3. The molecule has 148 valence electrons. The molecule has 1 atom stereocenters. The number of carbonyl (C=O) groups excluding carboxylic acids is 1. The first-order chi connectivity index (χ1) is 13.4. The topological polar surface area (TPSA) is 119 Å². The van der Waals surface area contributed by atoms with E-state index in [1.807, 2.05) is 20.8 Å². The Bertz CT molecular complexity index is 935. The summed E-state index contributed by atoms with van der Waals surface area (Å²) in [6, 6.07) is 2.47. The van der Waals surface area contributed by atoms with Crippen molar-refractivity contribution in [1.82, 2.24) is 30.6 Å². The van der Waals surface area contributed by atoms with Crippen LogP contribution in [0.2, 0.25) is 10.0 Å². The van der Waals surface area contributed by atoms with E-state index in [1.54, 1.807) is 0 Å². The Morgan fingerprint density at radius 1 is 1.32 bits per heavy atom. The Balaban J connectivity index is 1.82. The molecule has 0 saturated heterocycles. The number of rotatable bonds is 7. The molecule has 2 heterocycles. The highest BCUT2D eigenvalue weighted by Crippen LogP contribution is 2.34. The summed E-state index contributed by atoms with van der Waals surface area (Å²) >= 11 is 12.4. The highest BCUT2D eigenvalue weighted by atomic mass is 35.5. The quantitative estimate of drug-likeness (QED) is 0.593. The van der Waals surface area contributed by atoms with Gasteiger partial charge in [-0.05, 0) is 25.0 Å². The van der Waals surface area contributed by atoms with E-state index in [2.05, 4.69) is 30.6 Å². The summed E-state index contributed by atoms with van der Waals surface area (Å²) in [4.78, 5) is 21.0. The Labute approximate surface area is 170 Å².